The predicted molar refractivity (Wildman–Crippen MR) is 67.2 cm³/mol. The Hall–Kier alpha value is -1.20. The van der Waals surface area contributed by atoms with Crippen molar-refractivity contribution >= 4 is 22.9 Å². The van der Waals surface area contributed by atoms with Crippen LogP contribution in [0.3, 0.4) is 0 Å². The highest BCUT2D eigenvalue weighted by molar-refractivity contribution is 7.80. The average Bonchev–Trinajstić information content (AvgIpc) is 2.26. The van der Waals surface area contributed by atoms with Gasteiger partial charge in [-0.05, 0) is 25.1 Å². The first-order chi connectivity index (χ1) is 7.47. The van der Waals surface area contributed by atoms with Crippen molar-refractivity contribution in [1.82, 2.24) is 0 Å². The van der Waals surface area contributed by atoms with Crippen molar-refractivity contribution in [1.29, 1.82) is 0 Å². The molecule has 0 saturated carbocycles. The summed E-state index contributed by atoms with van der Waals surface area (Å²) in [6, 6.07) is 4.43. The molecule has 88 valence electrons. The van der Waals surface area contributed by atoms with E-state index in [9.17, 15) is 4.39 Å². The first-order valence-electron chi connectivity index (χ1n) is 4.90. The van der Waals surface area contributed by atoms with Gasteiger partial charge in [-0.25, -0.2) is 4.39 Å². The standard InChI is InChI=1S/C11H15FN2OS/c1-7(6-15)14(2)10-4-3-8(11(13)16)5-9(10)12/h3-5,7,15H,6H2,1-2H3,(H2,13,16). The van der Waals surface area contributed by atoms with Crippen LogP contribution in [0.2, 0.25) is 0 Å². The number of hydrogen-bond acceptors (Lipinski definition) is 3. The van der Waals surface area contributed by atoms with Crippen molar-refractivity contribution in [2.45, 2.75) is 13.0 Å². The third-order valence-corrected chi connectivity index (χ3v) is 2.77. The molecule has 0 aliphatic heterocycles. The molecule has 0 spiro atoms. The smallest absolute Gasteiger partial charge is 0.147 e. The van der Waals surface area contributed by atoms with Gasteiger partial charge in [0.15, 0.2) is 0 Å². The highest BCUT2D eigenvalue weighted by Crippen LogP contribution is 2.21. The number of anilines is 1. The summed E-state index contributed by atoms with van der Waals surface area (Å²) in [4.78, 5) is 1.84. The molecule has 0 aliphatic carbocycles. The number of hydrogen-bond donors (Lipinski definition) is 2. The molecule has 0 saturated heterocycles. The van der Waals surface area contributed by atoms with E-state index in [1.165, 1.54) is 6.07 Å². The zero-order chi connectivity index (χ0) is 12.3. The summed E-state index contributed by atoms with van der Waals surface area (Å²) >= 11 is 4.76. The summed E-state index contributed by atoms with van der Waals surface area (Å²) in [6.45, 7) is 1.77. The molecule has 0 aromatic heterocycles. The van der Waals surface area contributed by atoms with Crippen LogP contribution in [0.25, 0.3) is 0 Å². The first-order valence-corrected chi connectivity index (χ1v) is 5.31. The number of nitrogens with zero attached hydrogens (tertiary/aromatic N) is 1. The highest BCUT2D eigenvalue weighted by atomic mass is 32.1. The van der Waals surface area contributed by atoms with Crippen molar-refractivity contribution in [3.05, 3.63) is 29.6 Å². The van der Waals surface area contributed by atoms with Gasteiger partial charge in [0.2, 0.25) is 0 Å². The first kappa shape index (κ1) is 12.9. The van der Waals surface area contributed by atoms with Gasteiger partial charge in [0.05, 0.1) is 12.3 Å². The monoisotopic (exact) mass is 242 g/mol. The fourth-order valence-electron chi connectivity index (χ4n) is 1.31. The van der Waals surface area contributed by atoms with E-state index in [0.29, 0.717) is 11.3 Å². The van der Waals surface area contributed by atoms with Crippen LogP contribution in [0.5, 0.6) is 0 Å². The molecule has 5 heteroatoms. The second-order valence-electron chi connectivity index (χ2n) is 3.67. The molecule has 0 bridgehead atoms. The van der Waals surface area contributed by atoms with Gasteiger partial charge in [-0.15, -0.1) is 0 Å². The normalized spacial score (nSPS) is 12.2. The maximum atomic E-state index is 13.7. The number of halogens is 1. The fraction of sp³-hybridized carbons (Fsp3) is 0.364. The number of rotatable bonds is 4. The van der Waals surface area contributed by atoms with Crippen LogP contribution in [0.4, 0.5) is 10.1 Å². The Morgan fingerprint density at radius 3 is 2.69 bits per heavy atom. The van der Waals surface area contributed by atoms with Gasteiger partial charge < -0.3 is 15.7 Å². The molecule has 0 radical (unpaired) electrons. The summed E-state index contributed by atoms with van der Waals surface area (Å²) in [5.74, 6) is -0.395. The molecule has 0 aliphatic rings. The Morgan fingerprint density at radius 2 is 2.25 bits per heavy atom. The molecule has 0 amide bonds. The van der Waals surface area contributed by atoms with Gasteiger partial charge in [0, 0.05) is 18.7 Å². The second-order valence-corrected chi connectivity index (χ2v) is 4.11. The molecular formula is C11H15FN2OS. The quantitative estimate of drug-likeness (QED) is 0.781. The van der Waals surface area contributed by atoms with Crippen molar-refractivity contribution in [3.8, 4) is 0 Å². The van der Waals surface area contributed by atoms with Gasteiger partial charge in [-0.1, -0.05) is 12.2 Å². The number of aliphatic hydroxyl groups excluding tert-OH is 1. The summed E-state index contributed by atoms with van der Waals surface area (Å²) in [7, 11) is 1.72. The molecule has 1 aromatic carbocycles. The molecule has 3 nitrogen and oxygen atoms in total. The topological polar surface area (TPSA) is 49.5 Å². The number of benzene rings is 1. The van der Waals surface area contributed by atoms with Gasteiger partial charge in [0.1, 0.15) is 10.8 Å². The minimum atomic E-state index is -0.395. The molecule has 16 heavy (non-hydrogen) atoms. The van der Waals surface area contributed by atoms with Crippen molar-refractivity contribution < 1.29 is 9.50 Å². The van der Waals surface area contributed by atoms with E-state index >= 15 is 0 Å². The lowest BCUT2D eigenvalue weighted by molar-refractivity contribution is 0.269. The van der Waals surface area contributed by atoms with E-state index in [2.05, 4.69) is 0 Å². The van der Waals surface area contributed by atoms with E-state index in [1.54, 1.807) is 31.0 Å². The zero-order valence-electron chi connectivity index (χ0n) is 9.27. The van der Waals surface area contributed by atoms with Crippen molar-refractivity contribution in [2.24, 2.45) is 5.73 Å². The number of aliphatic hydroxyl groups is 1. The number of likely N-dealkylation sites (N-methyl/N-ethyl adjacent to an activating group) is 1. The van der Waals surface area contributed by atoms with Crippen LogP contribution in [0.15, 0.2) is 18.2 Å². The van der Waals surface area contributed by atoms with Crippen LogP contribution in [0.1, 0.15) is 12.5 Å². The van der Waals surface area contributed by atoms with E-state index in [1.807, 2.05) is 0 Å². The minimum Gasteiger partial charge on any atom is -0.394 e. The Balaban J connectivity index is 3.03. The third-order valence-electron chi connectivity index (χ3n) is 2.54. The predicted octanol–water partition coefficient (Wildman–Crippen LogP) is 1.28. The molecule has 1 aromatic rings. The Morgan fingerprint density at radius 1 is 1.62 bits per heavy atom. The number of thiocarbonyl (C=S) groups is 1. The summed E-state index contributed by atoms with van der Waals surface area (Å²) in [5, 5.41) is 9.00. The summed E-state index contributed by atoms with van der Waals surface area (Å²) in [5.41, 5.74) is 6.33. The molecule has 0 heterocycles. The summed E-state index contributed by atoms with van der Waals surface area (Å²) < 4.78 is 13.7. The lowest BCUT2D eigenvalue weighted by Crippen LogP contribution is -2.32. The van der Waals surface area contributed by atoms with E-state index in [-0.39, 0.29) is 17.6 Å². The van der Waals surface area contributed by atoms with Crippen molar-refractivity contribution in [3.63, 3.8) is 0 Å². The van der Waals surface area contributed by atoms with Gasteiger partial charge in [-0.3, -0.25) is 0 Å². The third kappa shape index (κ3) is 2.68. The maximum absolute atomic E-state index is 13.7. The minimum absolute atomic E-state index is 0.0347. The molecule has 3 N–H and O–H groups in total. The molecule has 1 atom stereocenters. The summed E-state index contributed by atoms with van der Waals surface area (Å²) in [6.07, 6.45) is 0. The van der Waals surface area contributed by atoms with Gasteiger partial charge in [0.25, 0.3) is 0 Å². The number of nitrogens with two attached hydrogens (primary N) is 1. The zero-order valence-corrected chi connectivity index (χ0v) is 10.1. The molecule has 1 rings (SSSR count). The molecule has 1 unspecified atom stereocenters. The Labute approximate surface area is 99.7 Å². The molecule has 0 fully saturated rings. The van der Waals surface area contributed by atoms with Crippen LogP contribution in [-0.4, -0.2) is 29.8 Å². The average molecular weight is 242 g/mol. The lowest BCUT2D eigenvalue weighted by atomic mass is 10.1. The Bertz CT molecular complexity index is 398. The largest absolute Gasteiger partial charge is 0.394 e. The SMILES string of the molecule is CC(CO)N(C)c1ccc(C(N)=S)cc1F. The van der Waals surface area contributed by atoms with Crippen LogP contribution in [-0.2, 0) is 0 Å². The lowest BCUT2D eigenvalue weighted by Gasteiger charge is -2.25. The van der Waals surface area contributed by atoms with E-state index < -0.39 is 5.82 Å². The van der Waals surface area contributed by atoms with Crippen LogP contribution >= 0.6 is 12.2 Å². The van der Waals surface area contributed by atoms with Crippen LogP contribution < -0.4 is 10.6 Å². The van der Waals surface area contributed by atoms with Gasteiger partial charge in [-0.2, -0.15) is 0 Å². The van der Waals surface area contributed by atoms with Gasteiger partial charge >= 0.3 is 0 Å². The maximum Gasteiger partial charge on any atom is 0.147 e. The highest BCUT2D eigenvalue weighted by Gasteiger charge is 2.13. The van der Waals surface area contributed by atoms with E-state index in [0.717, 1.165) is 0 Å². The van der Waals surface area contributed by atoms with E-state index in [4.69, 9.17) is 23.1 Å². The fourth-order valence-corrected chi connectivity index (χ4v) is 1.43. The van der Waals surface area contributed by atoms with Crippen molar-refractivity contribution in [2.75, 3.05) is 18.6 Å². The second kappa shape index (κ2) is 5.23. The molecular weight excluding hydrogens is 227 g/mol. The van der Waals surface area contributed by atoms with Crippen LogP contribution in [0, 0.1) is 5.82 Å². The Kier molecular flexibility index (Phi) is 4.20.